The fraction of sp³-hybridized carbons (Fsp3) is 0. The molecule has 0 aliphatic carbocycles. The summed E-state index contributed by atoms with van der Waals surface area (Å²) in [5.74, 6) is 1.86. The molecule has 12 aromatic rings. The maximum Gasteiger partial charge on any atom is 0.164 e. The van der Waals surface area contributed by atoms with Gasteiger partial charge in [-0.05, 0) is 59.2 Å². The van der Waals surface area contributed by atoms with Gasteiger partial charge in [-0.2, -0.15) is 0 Å². The molecule has 5 heteroatoms. The second-order valence-electron chi connectivity index (χ2n) is 15.6. The van der Waals surface area contributed by atoms with Crippen LogP contribution in [0.3, 0.4) is 0 Å². The highest BCUT2D eigenvalue weighted by atomic mass is 15.0. The molecule has 0 N–H and O–H groups in total. The average Bonchev–Trinajstić information content (AvgIpc) is 3.87. The zero-order valence-electron chi connectivity index (χ0n) is 33.6. The van der Waals surface area contributed by atoms with E-state index in [1.165, 1.54) is 38.1 Å². The molecule has 0 aliphatic heterocycles. The van der Waals surface area contributed by atoms with Crippen LogP contribution in [-0.4, -0.2) is 24.1 Å². The van der Waals surface area contributed by atoms with Gasteiger partial charge in [-0.1, -0.05) is 182 Å². The van der Waals surface area contributed by atoms with E-state index >= 15 is 0 Å². The van der Waals surface area contributed by atoms with Crippen molar-refractivity contribution < 1.29 is 0 Å². The number of hydrogen-bond donors (Lipinski definition) is 0. The predicted octanol–water partition coefficient (Wildman–Crippen LogP) is 14.4. The minimum Gasteiger partial charge on any atom is -0.309 e. The van der Waals surface area contributed by atoms with Crippen LogP contribution in [0.1, 0.15) is 0 Å². The minimum atomic E-state index is 0.615. The Kier molecular flexibility index (Phi) is 8.42. The molecule has 290 valence electrons. The summed E-state index contributed by atoms with van der Waals surface area (Å²) in [6, 6.07) is 79.3. The molecule has 9 aromatic carbocycles. The van der Waals surface area contributed by atoms with Crippen LogP contribution in [0.25, 0.3) is 111 Å². The maximum absolute atomic E-state index is 5.19. The molecule has 0 spiro atoms. The van der Waals surface area contributed by atoms with Crippen molar-refractivity contribution in [3.8, 4) is 67.8 Å². The van der Waals surface area contributed by atoms with Gasteiger partial charge in [0.2, 0.25) is 0 Å². The van der Waals surface area contributed by atoms with Crippen molar-refractivity contribution in [3.05, 3.63) is 224 Å². The quantitative estimate of drug-likeness (QED) is 0.162. The number of fused-ring (bicyclic) bond motifs is 6. The molecule has 0 atom stereocenters. The highest BCUT2D eigenvalue weighted by Gasteiger charge is 2.19. The van der Waals surface area contributed by atoms with E-state index in [4.69, 9.17) is 15.0 Å². The van der Waals surface area contributed by atoms with Crippen LogP contribution in [0.5, 0.6) is 0 Å². The van der Waals surface area contributed by atoms with E-state index in [1.807, 2.05) is 18.2 Å². The van der Waals surface area contributed by atoms with Crippen LogP contribution in [0.4, 0.5) is 0 Å². The number of aromatic nitrogens is 5. The third-order valence-corrected chi connectivity index (χ3v) is 12.0. The topological polar surface area (TPSA) is 48.5 Å². The Balaban J connectivity index is 0.993. The van der Waals surface area contributed by atoms with Crippen molar-refractivity contribution in [2.75, 3.05) is 0 Å². The molecular formula is C57H37N5. The summed E-state index contributed by atoms with van der Waals surface area (Å²) in [6.45, 7) is 0. The average molecular weight is 792 g/mol. The van der Waals surface area contributed by atoms with Crippen molar-refractivity contribution in [2.45, 2.75) is 0 Å². The van der Waals surface area contributed by atoms with Crippen molar-refractivity contribution in [1.82, 2.24) is 24.1 Å². The number of para-hydroxylation sites is 4. The van der Waals surface area contributed by atoms with Gasteiger partial charge in [0.25, 0.3) is 0 Å². The minimum absolute atomic E-state index is 0.615. The van der Waals surface area contributed by atoms with Gasteiger partial charge in [0.05, 0.1) is 27.8 Å². The molecule has 0 aliphatic rings. The van der Waals surface area contributed by atoms with Gasteiger partial charge in [-0.25, -0.2) is 15.0 Å². The Morgan fingerprint density at radius 3 is 1.21 bits per heavy atom. The van der Waals surface area contributed by atoms with Crippen LogP contribution >= 0.6 is 0 Å². The largest absolute Gasteiger partial charge is 0.309 e. The molecule has 3 heterocycles. The molecule has 0 amide bonds. The van der Waals surface area contributed by atoms with Crippen LogP contribution in [-0.2, 0) is 0 Å². The molecule has 3 aromatic heterocycles. The first-order chi connectivity index (χ1) is 30.7. The third kappa shape index (κ3) is 5.98. The fourth-order valence-corrected chi connectivity index (χ4v) is 9.09. The van der Waals surface area contributed by atoms with E-state index in [1.54, 1.807) is 0 Å². The van der Waals surface area contributed by atoms with Gasteiger partial charge in [0.1, 0.15) is 0 Å². The second-order valence-corrected chi connectivity index (χ2v) is 15.6. The molecule has 0 saturated carbocycles. The van der Waals surface area contributed by atoms with Crippen LogP contribution in [0.15, 0.2) is 224 Å². The van der Waals surface area contributed by atoms with Crippen molar-refractivity contribution in [3.63, 3.8) is 0 Å². The van der Waals surface area contributed by atoms with Gasteiger partial charge in [-0.15, -0.1) is 0 Å². The third-order valence-electron chi connectivity index (χ3n) is 12.0. The summed E-state index contributed by atoms with van der Waals surface area (Å²) in [7, 11) is 0. The van der Waals surface area contributed by atoms with Gasteiger partial charge in [0, 0.05) is 49.5 Å². The van der Waals surface area contributed by atoms with E-state index in [0.717, 1.165) is 55.8 Å². The zero-order valence-corrected chi connectivity index (χ0v) is 33.6. The number of benzene rings is 9. The van der Waals surface area contributed by atoms with E-state index in [-0.39, 0.29) is 0 Å². The molecule has 0 unspecified atom stereocenters. The van der Waals surface area contributed by atoms with Gasteiger partial charge >= 0.3 is 0 Å². The molecule has 62 heavy (non-hydrogen) atoms. The van der Waals surface area contributed by atoms with Gasteiger partial charge < -0.3 is 9.13 Å². The molecular weight excluding hydrogens is 755 g/mol. The van der Waals surface area contributed by atoms with Crippen LogP contribution in [0, 0.1) is 0 Å². The lowest BCUT2D eigenvalue weighted by Crippen LogP contribution is -2.01. The second kappa shape index (κ2) is 14.7. The highest BCUT2D eigenvalue weighted by molar-refractivity contribution is 6.10. The predicted molar refractivity (Wildman–Crippen MR) is 256 cm³/mol. The molecule has 12 rings (SSSR count). The van der Waals surface area contributed by atoms with E-state index < -0.39 is 0 Å². The fourth-order valence-electron chi connectivity index (χ4n) is 9.09. The molecule has 0 saturated heterocycles. The summed E-state index contributed by atoms with van der Waals surface area (Å²) in [5, 5.41) is 4.91. The SMILES string of the molecule is c1ccc(-c2ccc(-c3ccc(-c4nc(-c5ccccc5)nc(-c5cccc(-n6c7ccccc7c7ccccc76)c5)n4)cc3)c(-n3c4ccccc4c4ccccc43)c2)cc1. The normalized spacial score (nSPS) is 11.5. The molecule has 0 radical (unpaired) electrons. The van der Waals surface area contributed by atoms with Crippen molar-refractivity contribution in [1.29, 1.82) is 0 Å². The Morgan fingerprint density at radius 1 is 0.258 bits per heavy atom. The van der Waals surface area contributed by atoms with Crippen molar-refractivity contribution >= 4 is 43.6 Å². The summed E-state index contributed by atoms with van der Waals surface area (Å²) in [6.07, 6.45) is 0. The molecule has 0 bridgehead atoms. The maximum atomic E-state index is 5.19. The van der Waals surface area contributed by atoms with Crippen molar-refractivity contribution in [2.24, 2.45) is 0 Å². The lowest BCUT2D eigenvalue weighted by Gasteiger charge is -2.16. The summed E-state index contributed by atoms with van der Waals surface area (Å²) in [5.41, 5.74) is 14.1. The van der Waals surface area contributed by atoms with E-state index in [0.29, 0.717) is 17.5 Å². The number of nitrogens with zero attached hydrogens (tertiary/aromatic N) is 5. The Morgan fingerprint density at radius 2 is 0.661 bits per heavy atom. The first-order valence-electron chi connectivity index (χ1n) is 20.9. The Labute approximate surface area is 358 Å². The Bertz CT molecular complexity index is 3520. The van der Waals surface area contributed by atoms with Gasteiger partial charge in [-0.3, -0.25) is 0 Å². The monoisotopic (exact) mass is 791 g/mol. The lowest BCUT2D eigenvalue weighted by molar-refractivity contribution is 1.07. The van der Waals surface area contributed by atoms with E-state index in [9.17, 15) is 0 Å². The molecule has 0 fully saturated rings. The lowest BCUT2D eigenvalue weighted by atomic mass is 9.97. The summed E-state index contributed by atoms with van der Waals surface area (Å²) in [4.78, 5) is 15.4. The number of rotatable bonds is 7. The highest BCUT2D eigenvalue weighted by Crippen LogP contribution is 2.39. The summed E-state index contributed by atoms with van der Waals surface area (Å²) >= 11 is 0. The summed E-state index contributed by atoms with van der Waals surface area (Å²) < 4.78 is 4.74. The first-order valence-corrected chi connectivity index (χ1v) is 20.9. The van der Waals surface area contributed by atoms with Crippen LogP contribution in [0.2, 0.25) is 0 Å². The van der Waals surface area contributed by atoms with E-state index in [2.05, 4.69) is 215 Å². The smallest absolute Gasteiger partial charge is 0.164 e. The zero-order chi connectivity index (χ0) is 41.0. The number of hydrogen-bond acceptors (Lipinski definition) is 3. The standard InChI is InChI=1S/C57H37N5/c1-3-16-38(17-4-1)42-34-35-45(54(37-42)62-52-28-13-9-24-48(52)49-25-10-14-29-53(49)62)39-30-32-41(33-31-39)56-58-55(40-18-5-2-6-19-40)59-57(60-56)43-20-15-21-44(36-43)61-50-26-11-7-22-46(50)47-23-8-12-27-51(47)61/h1-37H. The first kappa shape index (κ1) is 35.5. The van der Waals surface area contributed by atoms with Gasteiger partial charge in [0.15, 0.2) is 17.5 Å². The Hall–Kier alpha value is -8.41. The van der Waals surface area contributed by atoms with Crippen LogP contribution < -0.4 is 0 Å². The molecule has 5 nitrogen and oxygen atoms in total.